The lowest BCUT2D eigenvalue weighted by molar-refractivity contribution is -0.622. The van der Waals surface area contributed by atoms with Gasteiger partial charge >= 0.3 is 6.18 Å². The molecule has 0 saturated carbocycles. The first-order valence-corrected chi connectivity index (χ1v) is 5.43. The molecule has 1 aromatic rings. The average molecular weight is 257 g/mol. The van der Waals surface area contributed by atoms with E-state index >= 15 is 0 Å². The van der Waals surface area contributed by atoms with E-state index in [4.69, 9.17) is 0 Å². The minimum Gasteiger partial charge on any atom is -0.507 e. The molecular weight excluding hydrogens is 245 g/mol. The predicted molar refractivity (Wildman–Crippen MR) is 60.4 cm³/mol. The van der Waals surface area contributed by atoms with Crippen molar-refractivity contribution >= 4 is 5.71 Å². The summed E-state index contributed by atoms with van der Waals surface area (Å²) >= 11 is 0. The van der Waals surface area contributed by atoms with Gasteiger partial charge in [-0.2, -0.15) is 13.2 Å². The number of phenols is 1. The number of aromatic hydroxyl groups is 1. The number of nitrogens with zero attached hydrogens (tertiary/aromatic N) is 1. The molecule has 1 heterocycles. The highest BCUT2D eigenvalue weighted by Gasteiger charge is 2.39. The fourth-order valence-corrected chi connectivity index (χ4v) is 1.71. The van der Waals surface area contributed by atoms with Gasteiger partial charge in [-0.05, 0) is 12.1 Å². The molecule has 1 aromatic carbocycles. The molecule has 0 amide bonds. The van der Waals surface area contributed by atoms with Crippen LogP contribution in [-0.4, -0.2) is 30.1 Å². The van der Waals surface area contributed by atoms with Crippen LogP contribution in [0, 0.1) is 0 Å². The van der Waals surface area contributed by atoms with E-state index in [9.17, 15) is 18.3 Å². The molecule has 18 heavy (non-hydrogen) atoms. The zero-order valence-electron chi connectivity index (χ0n) is 9.41. The molecule has 1 aliphatic heterocycles. The minimum atomic E-state index is -4.39. The SMILES string of the molecule is Oc1ccccc1C1=NCC[NH2+]C(C(F)(F)F)=C1. The number of para-hydroxylation sites is 1. The van der Waals surface area contributed by atoms with Gasteiger partial charge in [-0.3, -0.25) is 4.99 Å². The van der Waals surface area contributed by atoms with Gasteiger partial charge in [-0.25, -0.2) is 0 Å². The predicted octanol–water partition coefficient (Wildman–Crippen LogP) is 1.20. The molecule has 0 atom stereocenters. The van der Waals surface area contributed by atoms with E-state index in [-0.39, 0.29) is 24.6 Å². The Kier molecular flexibility index (Phi) is 3.38. The van der Waals surface area contributed by atoms with Crippen LogP contribution in [0.4, 0.5) is 13.2 Å². The molecule has 0 bridgehead atoms. The number of benzene rings is 1. The van der Waals surface area contributed by atoms with Crippen molar-refractivity contribution in [1.82, 2.24) is 0 Å². The van der Waals surface area contributed by atoms with Crippen LogP contribution < -0.4 is 5.32 Å². The van der Waals surface area contributed by atoms with E-state index in [0.29, 0.717) is 5.56 Å². The zero-order chi connectivity index (χ0) is 13.2. The van der Waals surface area contributed by atoms with Crippen LogP contribution in [-0.2, 0) is 0 Å². The average Bonchev–Trinajstić information content (AvgIpc) is 2.54. The Labute approximate surface area is 102 Å². The normalized spacial score (nSPS) is 16.8. The summed E-state index contributed by atoms with van der Waals surface area (Å²) in [5, 5.41) is 10.8. The van der Waals surface area contributed by atoms with Crippen LogP contribution in [0.3, 0.4) is 0 Å². The summed E-state index contributed by atoms with van der Waals surface area (Å²) in [6.45, 7) is 0.516. The molecule has 0 fully saturated rings. The highest BCUT2D eigenvalue weighted by Crippen LogP contribution is 2.24. The quantitative estimate of drug-likeness (QED) is 0.780. The Hall–Kier alpha value is -1.82. The van der Waals surface area contributed by atoms with Gasteiger partial charge in [0.2, 0.25) is 5.70 Å². The van der Waals surface area contributed by atoms with E-state index in [2.05, 4.69) is 4.99 Å². The van der Waals surface area contributed by atoms with E-state index in [1.54, 1.807) is 18.2 Å². The fourth-order valence-electron chi connectivity index (χ4n) is 1.71. The van der Waals surface area contributed by atoms with Crippen molar-refractivity contribution in [2.24, 2.45) is 4.99 Å². The van der Waals surface area contributed by atoms with Crippen molar-refractivity contribution < 1.29 is 23.6 Å². The molecule has 0 aliphatic carbocycles. The number of phenolic OH excluding ortho intramolecular Hbond substituents is 1. The third-order valence-corrected chi connectivity index (χ3v) is 2.58. The van der Waals surface area contributed by atoms with Crippen molar-refractivity contribution in [1.29, 1.82) is 0 Å². The highest BCUT2D eigenvalue weighted by molar-refractivity contribution is 6.10. The van der Waals surface area contributed by atoms with E-state index in [0.717, 1.165) is 11.4 Å². The smallest absolute Gasteiger partial charge is 0.466 e. The van der Waals surface area contributed by atoms with E-state index < -0.39 is 11.9 Å². The number of rotatable bonds is 1. The van der Waals surface area contributed by atoms with Gasteiger partial charge in [-0.1, -0.05) is 12.1 Å². The fraction of sp³-hybridized carbons (Fsp3) is 0.250. The Morgan fingerprint density at radius 1 is 1.22 bits per heavy atom. The Bertz CT molecular complexity index is 506. The Morgan fingerprint density at radius 2 is 1.94 bits per heavy atom. The monoisotopic (exact) mass is 257 g/mol. The van der Waals surface area contributed by atoms with Crippen molar-refractivity contribution in [3.63, 3.8) is 0 Å². The summed E-state index contributed by atoms with van der Waals surface area (Å²) in [5.41, 5.74) is -0.245. The maximum Gasteiger partial charge on any atom is 0.466 e. The molecule has 3 nitrogen and oxygen atoms in total. The highest BCUT2D eigenvalue weighted by atomic mass is 19.4. The molecule has 96 valence electrons. The summed E-state index contributed by atoms with van der Waals surface area (Å²) in [4.78, 5) is 4.07. The largest absolute Gasteiger partial charge is 0.507 e. The third kappa shape index (κ3) is 2.70. The molecule has 0 saturated heterocycles. The topological polar surface area (TPSA) is 49.2 Å². The summed E-state index contributed by atoms with van der Waals surface area (Å²) in [6.07, 6.45) is -3.42. The number of nitrogens with two attached hydrogens (primary N) is 1. The summed E-state index contributed by atoms with van der Waals surface area (Å²) < 4.78 is 38.1. The van der Waals surface area contributed by atoms with Gasteiger partial charge in [0.1, 0.15) is 12.3 Å². The third-order valence-electron chi connectivity index (χ3n) is 2.58. The summed E-state index contributed by atoms with van der Waals surface area (Å²) in [6, 6.07) is 6.22. The number of quaternary nitrogens is 1. The first-order chi connectivity index (χ1) is 8.48. The van der Waals surface area contributed by atoms with Crippen LogP contribution >= 0.6 is 0 Å². The number of alkyl halides is 3. The van der Waals surface area contributed by atoms with Gasteiger partial charge in [-0.15, -0.1) is 0 Å². The lowest BCUT2D eigenvalue weighted by Crippen LogP contribution is -2.85. The van der Waals surface area contributed by atoms with Crippen LogP contribution in [0.5, 0.6) is 5.75 Å². The zero-order valence-corrected chi connectivity index (χ0v) is 9.41. The number of allylic oxidation sites excluding steroid dienone is 2. The van der Waals surface area contributed by atoms with Crippen molar-refractivity contribution in [2.45, 2.75) is 6.18 Å². The number of hydrogen-bond acceptors (Lipinski definition) is 2. The molecule has 0 radical (unpaired) electrons. The second-order valence-electron chi connectivity index (χ2n) is 3.87. The summed E-state index contributed by atoms with van der Waals surface area (Å²) in [7, 11) is 0. The first kappa shape index (κ1) is 12.6. The number of aliphatic imine (C=N–C) groups is 1. The first-order valence-electron chi connectivity index (χ1n) is 5.43. The van der Waals surface area contributed by atoms with E-state index in [1.807, 2.05) is 0 Å². The molecule has 1 aliphatic rings. The maximum atomic E-state index is 12.7. The lowest BCUT2D eigenvalue weighted by atomic mass is 10.1. The van der Waals surface area contributed by atoms with Crippen LogP contribution in [0.15, 0.2) is 41.0 Å². The molecule has 2 rings (SSSR count). The second kappa shape index (κ2) is 4.81. The number of halogens is 3. The molecule has 0 spiro atoms. The van der Waals surface area contributed by atoms with Gasteiger partial charge in [0, 0.05) is 11.6 Å². The van der Waals surface area contributed by atoms with Crippen molar-refractivity contribution in [3.05, 3.63) is 41.6 Å². The van der Waals surface area contributed by atoms with Gasteiger partial charge in [0.15, 0.2) is 0 Å². The standard InChI is InChI=1S/C12H11F3N2O/c13-12(14,15)11-7-9(16-5-6-17-11)8-3-1-2-4-10(8)18/h1-4,7,17-18H,5-6H2/p+1. The second-order valence-corrected chi connectivity index (χ2v) is 3.87. The van der Waals surface area contributed by atoms with Crippen molar-refractivity contribution in [2.75, 3.05) is 13.1 Å². The van der Waals surface area contributed by atoms with Crippen molar-refractivity contribution in [3.8, 4) is 5.75 Å². The number of hydrogen-bond donors (Lipinski definition) is 2. The summed E-state index contributed by atoms with van der Waals surface area (Å²) in [5.74, 6) is -0.0732. The maximum absolute atomic E-state index is 12.7. The van der Waals surface area contributed by atoms with Gasteiger partial charge < -0.3 is 10.4 Å². The lowest BCUT2D eigenvalue weighted by Gasteiger charge is -2.07. The van der Waals surface area contributed by atoms with Crippen LogP contribution in [0.1, 0.15) is 5.56 Å². The van der Waals surface area contributed by atoms with Gasteiger partial charge in [0.05, 0.1) is 12.3 Å². The molecule has 0 unspecified atom stereocenters. The minimum absolute atomic E-state index is 0.0732. The van der Waals surface area contributed by atoms with Crippen LogP contribution in [0.2, 0.25) is 0 Å². The van der Waals surface area contributed by atoms with Crippen LogP contribution in [0.25, 0.3) is 0 Å². The Morgan fingerprint density at radius 3 is 2.61 bits per heavy atom. The molecular formula is C12H12F3N2O+. The molecule has 6 heteroatoms. The molecule has 0 aromatic heterocycles. The Balaban J connectivity index is 2.43. The molecule has 3 N–H and O–H groups in total. The van der Waals surface area contributed by atoms with E-state index in [1.165, 1.54) is 6.07 Å². The van der Waals surface area contributed by atoms with Gasteiger partial charge in [0.25, 0.3) is 0 Å².